The van der Waals surface area contributed by atoms with E-state index in [0.717, 1.165) is 16.6 Å². The van der Waals surface area contributed by atoms with Crippen LogP contribution in [0.15, 0.2) is 41.1 Å². The molecule has 0 bridgehead atoms. The van der Waals surface area contributed by atoms with Crippen molar-refractivity contribution in [3.63, 3.8) is 0 Å². The van der Waals surface area contributed by atoms with Gasteiger partial charge in [0, 0.05) is 24.7 Å². The number of rotatable bonds is 3. The summed E-state index contributed by atoms with van der Waals surface area (Å²) < 4.78 is 4.93. The van der Waals surface area contributed by atoms with Crippen molar-refractivity contribution in [1.29, 1.82) is 0 Å². The van der Waals surface area contributed by atoms with Crippen LogP contribution in [0.5, 0.6) is 0 Å². The van der Waals surface area contributed by atoms with E-state index < -0.39 is 0 Å². The number of pyridine rings is 1. The number of amides is 1. The van der Waals surface area contributed by atoms with Gasteiger partial charge in [0.15, 0.2) is 5.82 Å². The Morgan fingerprint density at radius 1 is 1.24 bits per heavy atom. The van der Waals surface area contributed by atoms with Crippen LogP contribution in [0.2, 0.25) is 0 Å². The fourth-order valence-electron chi connectivity index (χ4n) is 2.18. The van der Waals surface area contributed by atoms with Crippen LogP contribution in [0.3, 0.4) is 0 Å². The molecule has 3 rings (SSSR count). The van der Waals surface area contributed by atoms with Gasteiger partial charge >= 0.3 is 0 Å². The van der Waals surface area contributed by atoms with Gasteiger partial charge < -0.3 is 15.2 Å². The summed E-state index contributed by atoms with van der Waals surface area (Å²) in [5.74, 6) is 1.49. The molecular formula is C15H14N4O2. The first-order valence-corrected chi connectivity index (χ1v) is 6.49. The number of hydrogen-bond acceptors (Lipinski definition) is 5. The molecule has 3 aromatic rings. The van der Waals surface area contributed by atoms with E-state index in [0.29, 0.717) is 17.1 Å². The third-order valence-corrected chi connectivity index (χ3v) is 3.15. The average molecular weight is 282 g/mol. The Morgan fingerprint density at radius 3 is 2.67 bits per heavy atom. The van der Waals surface area contributed by atoms with E-state index in [9.17, 15) is 4.79 Å². The van der Waals surface area contributed by atoms with Crippen LogP contribution in [-0.2, 0) is 0 Å². The van der Waals surface area contributed by atoms with Crippen molar-refractivity contribution in [1.82, 2.24) is 10.1 Å². The Morgan fingerprint density at radius 2 is 2.00 bits per heavy atom. The number of carbonyl (C=O) groups is 1. The van der Waals surface area contributed by atoms with E-state index in [1.165, 1.54) is 0 Å². The van der Waals surface area contributed by atoms with Crippen molar-refractivity contribution in [2.75, 3.05) is 17.7 Å². The van der Waals surface area contributed by atoms with Gasteiger partial charge in [-0.3, -0.25) is 4.79 Å². The van der Waals surface area contributed by atoms with Gasteiger partial charge in [0.25, 0.3) is 5.91 Å². The first kappa shape index (κ1) is 13.1. The van der Waals surface area contributed by atoms with Crippen molar-refractivity contribution in [3.05, 3.63) is 47.9 Å². The summed E-state index contributed by atoms with van der Waals surface area (Å²) in [6.07, 6.45) is 1.55. The number of nitrogens with one attached hydrogen (secondary N) is 2. The Balaban J connectivity index is 2.02. The highest BCUT2D eigenvalue weighted by molar-refractivity contribution is 6.13. The van der Waals surface area contributed by atoms with Gasteiger partial charge in [-0.15, -0.1) is 0 Å². The molecule has 21 heavy (non-hydrogen) atoms. The minimum Gasteiger partial charge on any atom is -0.373 e. The number of hydrogen-bond donors (Lipinski definition) is 2. The van der Waals surface area contributed by atoms with Crippen LogP contribution < -0.4 is 10.6 Å². The van der Waals surface area contributed by atoms with Crippen LogP contribution in [0.4, 0.5) is 11.6 Å². The summed E-state index contributed by atoms with van der Waals surface area (Å²) in [5, 5.41) is 11.2. The third-order valence-electron chi connectivity index (χ3n) is 3.15. The van der Waals surface area contributed by atoms with E-state index in [1.807, 2.05) is 24.3 Å². The van der Waals surface area contributed by atoms with Crippen molar-refractivity contribution in [2.24, 2.45) is 0 Å². The fraction of sp³-hybridized carbons (Fsp3) is 0.133. The topological polar surface area (TPSA) is 80.0 Å². The normalized spacial score (nSPS) is 10.6. The molecule has 0 fully saturated rings. The number of fused-ring (bicyclic) bond motifs is 1. The Hall–Kier alpha value is -2.89. The zero-order valence-corrected chi connectivity index (χ0v) is 11.7. The molecule has 106 valence electrons. The van der Waals surface area contributed by atoms with E-state index >= 15 is 0 Å². The Kier molecular flexibility index (Phi) is 3.27. The maximum absolute atomic E-state index is 12.4. The van der Waals surface area contributed by atoms with E-state index in [-0.39, 0.29) is 5.91 Å². The lowest BCUT2D eigenvalue weighted by atomic mass is 10.1. The summed E-state index contributed by atoms with van der Waals surface area (Å²) in [4.78, 5) is 16.7. The molecule has 0 aliphatic rings. The first-order chi connectivity index (χ1) is 10.2. The maximum Gasteiger partial charge on any atom is 0.259 e. The lowest BCUT2D eigenvalue weighted by Gasteiger charge is -2.09. The van der Waals surface area contributed by atoms with Crippen molar-refractivity contribution >= 4 is 28.3 Å². The highest BCUT2D eigenvalue weighted by Crippen LogP contribution is 2.24. The van der Waals surface area contributed by atoms with Crippen molar-refractivity contribution in [3.8, 4) is 0 Å². The molecule has 1 amide bonds. The van der Waals surface area contributed by atoms with Crippen LogP contribution in [0.25, 0.3) is 10.8 Å². The van der Waals surface area contributed by atoms with Crippen molar-refractivity contribution < 1.29 is 9.32 Å². The number of nitrogens with zero attached hydrogens (tertiary/aromatic N) is 2. The van der Waals surface area contributed by atoms with Crippen LogP contribution in [0, 0.1) is 6.92 Å². The van der Waals surface area contributed by atoms with Gasteiger partial charge in [0.2, 0.25) is 0 Å². The van der Waals surface area contributed by atoms with Gasteiger partial charge in [0.1, 0.15) is 11.6 Å². The molecule has 1 aromatic carbocycles. The highest BCUT2D eigenvalue weighted by Gasteiger charge is 2.14. The van der Waals surface area contributed by atoms with Crippen LogP contribution >= 0.6 is 0 Å². The molecular weight excluding hydrogens is 268 g/mol. The van der Waals surface area contributed by atoms with E-state index in [4.69, 9.17) is 4.52 Å². The number of anilines is 2. The van der Waals surface area contributed by atoms with E-state index in [1.54, 1.807) is 26.2 Å². The first-order valence-electron chi connectivity index (χ1n) is 6.49. The molecule has 0 atom stereocenters. The molecule has 0 spiro atoms. The van der Waals surface area contributed by atoms with Gasteiger partial charge in [-0.2, -0.15) is 0 Å². The summed E-state index contributed by atoms with van der Waals surface area (Å²) in [6.45, 7) is 1.77. The predicted octanol–water partition coefficient (Wildman–Crippen LogP) is 2.83. The molecule has 0 unspecified atom stereocenters. The quantitative estimate of drug-likeness (QED) is 0.772. The molecule has 2 N–H and O–H groups in total. The molecule has 0 aliphatic heterocycles. The summed E-state index contributed by atoms with van der Waals surface area (Å²) in [5.41, 5.74) is 0.491. The van der Waals surface area contributed by atoms with Gasteiger partial charge in [-0.05, 0) is 12.3 Å². The number of benzene rings is 1. The monoisotopic (exact) mass is 282 g/mol. The van der Waals surface area contributed by atoms with Crippen LogP contribution in [0.1, 0.15) is 16.1 Å². The molecule has 6 heteroatoms. The maximum atomic E-state index is 12.4. The molecule has 0 saturated heterocycles. The summed E-state index contributed by atoms with van der Waals surface area (Å²) in [6, 6.07) is 9.27. The Bertz CT molecular complexity index is 810. The van der Waals surface area contributed by atoms with Gasteiger partial charge in [0.05, 0.1) is 5.56 Å². The minimum atomic E-state index is -0.269. The fourth-order valence-corrected chi connectivity index (χ4v) is 2.18. The molecule has 0 aliphatic carbocycles. The van der Waals surface area contributed by atoms with Gasteiger partial charge in [-0.25, -0.2) is 4.98 Å². The van der Waals surface area contributed by atoms with Crippen LogP contribution in [-0.4, -0.2) is 23.1 Å². The van der Waals surface area contributed by atoms with Crippen molar-refractivity contribution in [2.45, 2.75) is 6.92 Å². The zero-order valence-electron chi connectivity index (χ0n) is 11.7. The number of carbonyl (C=O) groups excluding carboxylic acids is 1. The Labute approximate surface area is 121 Å². The second kappa shape index (κ2) is 5.24. The molecule has 6 nitrogen and oxygen atoms in total. The predicted molar refractivity (Wildman–Crippen MR) is 80.5 cm³/mol. The lowest BCUT2D eigenvalue weighted by Crippen LogP contribution is -2.13. The SMILES string of the molecule is CNc1ncc(C(=O)Nc2cc(C)on2)c2ccccc12. The average Bonchev–Trinajstić information content (AvgIpc) is 2.91. The summed E-state index contributed by atoms with van der Waals surface area (Å²) >= 11 is 0. The highest BCUT2D eigenvalue weighted by atomic mass is 16.5. The second-order valence-corrected chi connectivity index (χ2v) is 4.59. The molecule has 2 heterocycles. The third kappa shape index (κ3) is 2.43. The van der Waals surface area contributed by atoms with E-state index in [2.05, 4.69) is 20.8 Å². The molecule has 0 saturated carbocycles. The minimum absolute atomic E-state index is 0.269. The smallest absolute Gasteiger partial charge is 0.259 e. The number of aryl methyl sites for hydroxylation is 1. The molecule has 2 aromatic heterocycles. The molecule has 0 radical (unpaired) electrons. The standard InChI is InChI=1S/C15H14N4O2/c1-9-7-13(19-21-9)18-15(20)12-8-17-14(16-2)11-6-4-3-5-10(11)12/h3-8H,1-2H3,(H,16,17)(H,18,19,20). The largest absolute Gasteiger partial charge is 0.373 e. The zero-order chi connectivity index (χ0) is 14.8. The lowest BCUT2D eigenvalue weighted by molar-refractivity contribution is 0.102. The van der Waals surface area contributed by atoms with Gasteiger partial charge in [-0.1, -0.05) is 29.4 Å². The summed E-state index contributed by atoms with van der Waals surface area (Å²) in [7, 11) is 1.80. The second-order valence-electron chi connectivity index (χ2n) is 4.59. The number of aromatic nitrogens is 2.